The van der Waals surface area contributed by atoms with Crippen molar-refractivity contribution >= 4 is 0 Å². The third-order valence-electron chi connectivity index (χ3n) is 1.63. The Labute approximate surface area is 61.8 Å². The molecule has 1 rings (SSSR count). The van der Waals surface area contributed by atoms with Gasteiger partial charge in [-0.1, -0.05) is 6.58 Å². The zero-order chi connectivity index (χ0) is 7.56. The van der Waals surface area contributed by atoms with Crippen LogP contribution in [-0.4, -0.2) is 36.9 Å². The molecular weight excluding hydrogens is 128 g/mol. The van der Waals surface area contributed by atoms with E-state index in [-0.39, 0.29) is 0 Å². The molecule has 0 spiro atoms. The maximum atomic E-state index is 5.24. The quantitative estimate of drug-likeness (QED) is 0.535. The van der Waals surface area contributed by atoms with Gasteiger partial charge >= 0.3 is 0 Å². The molecule has 10 heavy (non-hydrogen) atoms. The van der Waals surface area contributed by atoms with Gasteiger partial charge in [-0.2, -0.15) is 0 Å². The highest BCUT2D eigenvalue weighted by molar-refractivity contribution is 4.85. The van der Waals surface area contributed by atoms with Crippen LogP contribution in [0.1, 0.15) is 6.92 Å². The zero-order valence-electron chi connectivity index (χ0n) is 6.63. The van der Waals surface area contributed by atoms with Crippen LogP contribution in [-0.2, 0) is 4.74 Å². The number of ether oxygens (including phenoxy) is 1. The predicted octanol–water partition coefficient (Wildman–Crippen LogP) is 0.657. The summed E-state index contributed by atoms with van der Waals surface area (Å²) < 4.78 is 5.24. The molecule has 0 amide bonds. The fraction of sp³-hybridized carbons (Fsp3) is 0.714. The molecule has 1 aliphatic rings. The fourth-order valence-corrected chi connectivity index (χ4v) is 0.969. The molecule has 0 aromatic heterocycles. The number of nitrogens with zero attached hydrogens (tertiary/aromatic N) is 2. The predicted molar refractivity (Wildman–Crippen MR) is 40.1 cm³/mol. The van der Waals surface area contributed by atoms with Crippen molar-refractivity contribution in [3.8, 4) is 0 Å². The lowest BCUT2D eigenvalue weighted by Crippen LogP contribution is -2.45. The van der Waals surface area contributed by atoms with Crippen LogP contribution in [0.5, 0.6) is 0 Å². The average molecular weight is 142 g/mol. The molecule has 1 aliphatic heterocycles. The first-order chi connectivity index (χ1) is 4.72. The highest BCUT2D eigenvalue weighted by atomic mass is 16.5. The van der Waals surface area contributed by atoms with Gasteiger partial charge in [0.25, 0.3) is 0 Å². The maximum Gasteiger partial charge on any atom is 0.133 e. The van der Waals surface area contributed by atoms with E-state index in [2.05, 4.69) is 11.6 Å². The van der Waals surface area contributed by atoms with Gasteiger partial charge in [0.1, 0.15) is 6.73 Å². The molecule has 1 heterocycles. The summed E-state index contributed by atoms with van der Waals surface area (Å²) in [6, 6.07) is 0. The van der Waals surface area contributed by atoms with Crippen LogP contribution in [0.15, 0.2) is 12.3 Å². The van der Waals surface area contributed by atoms with Gasteiger partial charge in [0, 0.05) is 19.3 Å². The summed E-state index contributed by atoms with van der Waals surface area (Å²) >= 11 is 0. The summed E-state index contributed by atoms with van der Waals surface area (Å²) in [7, 11) is 2.04. The van der Waals surface area contributed by atoms with Crippen molar-refractivity contribution in [1.82, 2.24) is 10.0 Å². The van der Waals surface area contributed by atoms with E-state index in [0.29, 0.717) is 6.73 Å². The van der Waals surface area contributed by atoms with Crippen LogP contribution in [0.4, 0.5) is 0 Å². The van der Waals surface area contributed by atoms with Gasteiger partial charge in [0.05, 0.1) is 6.61 Å². The largest absolute Gasteiger partial charge is 0.358 e. The van der Waals surface area contributed by atoms with Crippen LogP contribution in [0, 0.1) is 0 Å². The SMILES string of the molecule is C=C(C)N1COCCN1C. The second-order valence-corrected chi connectivity index (χ2v) is 2.55. The molecule has 0 bridgehead atoms. The zero-order valence-corrected chi connectivity index (χ0v) is 6.63. The lowest BCUT2D eigenvalue weighted by Gasteiger charge is -2.37. The van der Waals surface area contributed by atoms with E-state index in [1.807, 2.05) is 19.0 Å². The molecule has 0 atom stereocenters. The molecule has 0 saturated carbocycles. The van der Waals surface area contributed by atoms with E-state index >= 15 is 0 Å². The molecular formula is C7H14N2O. The molecule has 1 saturated heterocycles. The maximum absolute atomic E-state index is 5.24. The summed E-state index contributed by atoms with van der Waals surface area (Å²) in [5.74, 6) is 0. The Balaban J connectivity index is 2.47. The number of rotatable bonds is 1. The van der Waals surface area contributed by atoms with E-state index in [9.17, 15) is 0 Å². The minimum atomic E-state index is 0.645. The Morgan fingerprint density at radius 3 is 2.70 bits per heavy atom. The molecule has 1 fully saturated rings. The third-order valence-corrected chi connectivity index (χ3v) is 1.63. The Bertz CT molecular complexity index is 136. The molecule has 0 unspecified atom stereocenters. The molecule has 0 aromatic rings. The van der Waals surface area contributed by atoms with E-state index in [4.69, 9.17) is 4.74 Å². The lowest BCUT2D eigenvalue weighted by atomic mass is 10.5. The highest BCUT2D eigenvalue weighted by Crippen LogP contribution is 2.07. The van der Waals surface area contributed by atoms with Crippen LogP contribution < -0.4 is 0 Å². The van der Waals surface area contributed by atoms with Crippen molar-refractivity contribution in [2.75, 3.05) is 26.9 Å². The first-order valence-electron chi connectivity index (χ1n) is 3.43. The van der Waals surface area contributed by atoms with Crippen molar-refractivity contribution in [2.24, 2.45) is 0 Å². The third kappa shape index (κ3) is 1.49. The average Bonchev–Trinajstić information content (AvgIpc) is 1.88. The number of likely N-dealkylation sites (N-methyl/N-ethyl adjacent to an activating group) is 1. The minimum absolute atomic E-state index is 0.645. The van der Waals surface area contributed by atoms with Gasteiger partial charge in [-0.15, -0.1) is 0 Å². The van der Waals surface area contributed by atoms with Crippen molar-refractivity contribution in [1.29, 1.82) is 0 Å². The summed E-state index contributed by atoms with van der Waals surface area (Å²) in [6.07, 6.45) is 0. The molecule has 0 radical (unpaired) electrons. The summed E-state index contributed by atoms with van der Waals surface area (Å²) in [5, 5.41) is 4.13. The Morgan fingerprint density at radius 1 is 1.60 bits per heavy atom. The second-order valence-electron chi connectivity index (χ2n) is 2.55. The van der Waals surface area contributed by atoms with Gasteiger partial charge < -0.3 is 4.74 Å². The number of hydrogen-bond donors (Lipinski definition) is 0. The Kier molecular flexibility index (Phi) is 2.29. The molecule has 58 valence electrons. The molecule has 3 nitrogen and oxygen atoms in total. The van der Waals surface area contributed by atoms with Crippen molar-refractivity contribution in [3.63, 3.8) is 0 Å². The van der Waals surface area contributed by atoms with E-state index in [0.717, 1.165) is 18.8 Å². The van der Waals surface area contributed by atoms with Crippen molar-refractivity contribution < 1.29 is 4.74 Å². The summed E-state index contributed by atoms with van der Waals surface area (Å²) in [6.45, 7) is 8.23. The molecule has 0 aliphatic carbocycles. The van der Waals surface area contributed by atoms with Gasteiger partial charge in [-0.25, -0.2) is 5.01 Å². The van der Waals surface area contributed by atoms with Crippen molar-refractivity contribution in [3.05, 3.63) is 12.3 Å². The topological polar surface area (TPSA) is 15.7 Å². The van der Waals surface area contributed by atoms with Gasteiger partial charge in [-0.05, 0) is 6.92 Å². The number of allylic oxidation sites excluding steroid dienone is 1. The summed E-state index contributed by atoms with van der Waals surface area (Å²) in [5.41, 5.74) is 1.03. The standard InChI is InChI=1S/C7H14N2O/c1-7(2)9-6-10-5-4-8(9)3/h1,4-6H2,2-3H3. The van der Waals surface area contributed by atoms with Crippen LogP contribution in [0.25, 0.3) is 0 Å². The molecule has 3 heteroatoms. The van der Waals surface area contributed by atoms with E-state index in [1.54, 1.807) is 0 Å². The van der Waals surface area contributed by atoms with Crippen molar-refractivity contribution in [2.45, 2.75) is 6.92 Å². The van der Waals surface area contributed by atoms with Crippen LogP contribution >= 0.6 is 0 Å². The highest BCUT2D eigenvalue weighted by Gasteiger charge is 2.14. The van der Waals surface area contributed by atoms with Gasteiger partial charge in [0.15, 0.2) is 0 Å². The van der Waals surface area contributed by atoms with Gasteiger partial charge in [-0.3, -0.25) is 5.01 Å². The smallest absolute Gasteiger partial charge is 0.133 e. The summed E-state index contributed by atoms with van der Waals surface area (Å²) in [4.78, 5) is 0. The Hall–Kier alpha value is -0.540. The van der Waals surface area contributed by atoms with Gasteiger partial charge in [0.2, 0.25) is 0 Å². The monoisotopic (exact) mass is 142 g/mol. The second kappa shape index (κ2) is 3.03. The Morgan fingerprint density at radius 2 is 2.30 bits per heavy atom. The molecule has 0 aromatic carbocycles. The lowest BCUT2D eigenvalue weighted by molar-refractivity contribution is -0.122. The first kappa shape index (κ1) is 7.57. The van der Waals surface area contributed by atoms with E-state index in [1.165, 1.54) is 0 Å². The number of hydrogen-bond acceptors (Lipinski definition) is 3. The first-order valence-corrected chi connectivity index (χ1v) is 3.43. The fourth-order valence-electron chi connectivity index (χ4n) is 0.969. The molecule has 0 N–H and O–H groups in total. The number of hydrazine groups is 1. The normalized spacial score (nSPS) is 21.2. The van der Waals surface area contributed by atoms with Crippen LogP contribution in [0.3, 0.4) is 0 Å². The van der Waals surface area contributed by atoms with E-state index < -0.39 is 0 Å². The van der Waals surface area contributed by atoms with Crippen LogP contribution in [0.2, 0.25) is 0 Å². The minimum Gasteiger partial charge on any atom is -0.358 e.